The smallest absolute Gasteiger partial charge is 0.434 e. The Labute approximate surface area is 168 Å². The number of carbonyl (C=O) groups is 2. The first-order valence-corrected chi connectivity index (χ1v) is 9.55. The molecule has 2 aromatic rings. The lowest BCUT2D eigenvalue weighted by Crippen LogP contribution is -2.34. The van der Waals surface area contributed by atoms with Gasteiger partial charge in [0, 0.05) is 28.4 Å². The minimum absolute atomic E-state index is 0.262. The van der Waals surface area contributed by atoms with E-state index in [1.165, 1.54) is 7.11 Å². The molecule has 2 unspecified atom stereocenters. The molecule has 148 valence electrons. The van der Waals surface area contributed by atoms with Crippen LogP contribution in [0.15, 0.2) is 35.5 Å². The first kappa shape index (κ1) is 20.1. The molecule has 0 saturated carbocycles. The molecule has 8 heteroatoms. The van der Waals surface area contributed by atoms with Gasteiger partial charge in [0.1, 0.15) is 5.92 Å². The minimum Gasteiger partial charge on any atom is -0.465 e. The number of hydrogen-bond acceptors (Lipinski definition) is 6. The van der Waals surface area contributed by atoms with Crippen molar-refractivity contribution in [3.8, 4) is 0 Å². The molecule has 0 aliphatic carbocycles. The van der Waals surface area contributed by atoms with Gasteiger partial charge in [-0.15, -0.1) is 5.10 Å². The van der Waals surface area contributed by atoms with Crippen molar-refractivity contribution in [1.29, 1.82) is 0 Å². The Hall–Kier alpha value is -2.67. The second kappa shape index (κ2) is 8.56. The number of carbonyl (C=O) groups excluding carboxylic acids is 2. The number of nitrogens with zero attached hydrogens (tertiary/aromatic N) is 3. The first-order valence-electron chi connectivity index (χ1n) is 9.18. The second-order valence-corrected chi connectivity index (χ2v) is 6.81. The highest BCUT2D eigenvalue weighted by atomic mass is 35.5. The van der Waals surface area contributed by atoms with E-state index in [4.69, 9.17) is 21.1 Å². The maximum Gasteiger partial charge on any atom is 0.434 e. The zero-order chi connectivity index (χ0) is 20.3. The number of aliphatic imine (C=N–C) groups is 1. The summed E-state index contributed by atoms with van der Waals surface area (Å²) in [6.45, 7) is 4.04. The Balaban J connectivity index is 2.22. The van der Waals surface area contributed by atoms with Gasteiger partial charge in [0.05, 0.1) is 13.7 Å². The number of aromatic nitrogens is 2. The molecule has 3 rings (SSSR count). The number of benzene rings is 1. The molecule has 0 N–H and O–H groups in total. The fourth-order valence-corrected chi connectivity index (χ4v) is 3.75. The van der Waals surface area contributed by atoms with Gasteiger partial charge in [0.15, 0.2) is 5.82 Å². The summed E-state index contributed by atoms with van der Waals surface area (Å²) in [6, 6.07) is 7.33. The fourth-order valence-electron chi connectivity index (χ4n) is 3.50. The van der Waals surface area contributed by atoms with E-state index in [9.17, 15) is 9.59 Å². The van der Waals surface area contributed by atoms with Crippen LogP contribution in [-0.4, -0.2) is 41.3 Å². The molecule has 0 spiro atoms. The number of ether oxygens (including phenoxy) is 2. The maximum atomic E-state index is 12.9. The van der Waals surface area contributed by atoms with Crippen molar-refractivity contribution in [1.82, 2.24) is 9.78 Å². The van der Waals surface area contributed by atoms with Crippen molar-refractivity contribution in [3.63, 3.8) is 0 Å². The number of halogens is 1. The van der Waals surface area contributed by atoms with Crippen molar-refractivity contribution in [3.05, 3.63) is 46.6 Å². The quantitative estimate of drug-likeness (QED) is 0.693. The first-order chi connectivity index (χ1) is 13.5. The highest BCUT2D eigenvalue weighted by Gasteiger charge is 2.42. The summed E-state index contributed by atoms with van der Waals surface area (Å²) in [4.78, 5) is 29.5. The summed E-state index contributed by atoms with van der Waals surface area (Å²) in [5, 5.41) is 4.78. The highest BCUT2D eigenvalue weighted by Crippen LogP contribution is 2.45. The van der Waals surface area contributed by atoms with E-state index in [1.54, 1.807) is 19.2 Å². The average molecular weight is 404 g/mol. The van der Waals surface area contributed by atoms with Crippen LogP contribution in [0, 0.1) is 5.92 Å². The van der Waals surface area contributed by atoms with Crippen LogP contribution in [0.2, 0.25) is 5.02 Å². The van der Waals surface area contributed by atoms with Crippen molar-refractivity contribution in [2.24, 2.45) is 10.9 Å². The van der Waals surface area contributed by atoms with E-state index in [0.717, 1.165) is 16.7 Å². The van der Waals surface area contributed by atoms with Gasteiger partial charge >= 0.3 is 12.1 Å². The Bertz CT molecular complexity index is 922. The van der Waals surface area contributed by atoms with Crippen LogP contribution < -0.4 is 0 Å². The molecule has 0 amide bonds. The number of methoxy groups -OCH3 is 1. The minimum atomic E-state index is -0.636. The summed E-state index contributed by atoms with van der Waals surface area (Å²) in [5.74, 6) is -1.07. The average Bonchev–Trinajstić information content (AvgIpc) is 3.11. The molecule has 0 fully saturated rings. The predicted octanol–water partition coefficient (Wildman–Crippen LogP) is 4.35. The van der Waals surface area contributed by atoms with Crippen molar-refractivity contribution < 1.29 is 19.1 Å². The molecular weight excluding hydrogens is 382 g/mol. The number of fused-ring (bicyclic) bond motifs is 1. The summed E-state index contributed by atoms with van der Waals surface area (Å²) >= 11 is 6.48. The van der Waals surface area contributed by atoms with Crippen LogP contribution >= 0.6 is 11.6 Å². The molecule has 2 atom stereocenters. The van der Waals surface area contributed by atoms with Gasteiger partial charge in [0.2, 0.25) is 0 Å². The Kier molecular flexibility index (Phi) is 6.14. The molecule has 7 nitrogen and oxygen atoms in total. The molecule has 28 heavy (non-hydrogen) atoms. The Morgan fingerprint density at radius 2 is 1.96 bits per heavy atom. The van der Waals surface area contributed by atoms with Crippen LogP contribution in [0.4, 0.5) is 10.6 Å². The van der Waals surface area contributed by atoms with Gasteiger partial charge in [-0.3, -0.25) is 4.79 Å². The number of esters is 1. The van der Waals surface area contributed by atoms with Crippen molar-refractivity contribution in [2.75, 3.05) is 13.7 Å². The summed E-state index contributed by atoms with van der Waals surface area (Å²) in [5.41, 5.74) is 2.07. The molecule has 0 saturated heterocycles. The largest absolute Gasteiger partial charge is 0.465 e. The third-order valence-electron chi connectivity index (χ3n) is 4.65. The van der Waals surface area contributed by atoms with Gasteiger partial charge < -0.3 is 9.47 Å². The number of rotatable bonds is 5. The standard InChI is InChI=1S/C20H22ClN3O4/c1-4-8-15-17(19(25)28-5-2)16(12-9-6-7-10-14(12)21)13-11-24(20(26)27-3)23-18(13)22-15/h6-7,9-11,16-17H,4-5,8H2,1-3H3. The third kappa shape index (κ3) is 3.67. The summed E-state index contributed by atoms with van der Waals surface area (Å²) in [6.07, 6.45) is 2.33. The van der Waals surface area contributed by atoms with Gasteiger partial charge in [-0.05, 0) is 25.0 Å². The molecule has 0 bridgehead atoms. The zero-order valence-electron chi connectivity index (χ0n) is 16.0. The van der Waals surface area contributed by atoms with E-state index in [0.29, 0.717) is 28.5 Å². The fraction of sp³-hybridized carbons (Fsp3) is 0.400. The highest BCUT2D eigenvalue weighted by molar-refractivity contribution is 6.31. The summed E-state index contributed by atoms with van der Waals surface area (Å²) < 4.78 is 11.2. The van der Waals surface area contributed by atoms with Gasteiger partial charge in [-0.2, -0.15) is 4.68 Å². The van der Waals surface area contributed by atoms with E-state index >= 15 is 0 Å². The van der Waals surface area contributed by atoms with Crippen LogP contribution in [0.1, 0.15) is 43.7 Å². The third-order valence-corrected chi connectivity index (χ3v) is 4.99. The molecule has 1 aliphatic rings. The monoisotopic (exact) mass is 403 g/mol. The van der Waals surface area contributed by atoms with Crippen molar-refractivity contribution in [2.45, 2.75) is 32.6 Å². The van der Waals surface area contributed by atoms with E-state index in [2.05, 4.69) is 10.1 Å². The van der Waals surface area contributed by atoms with Gasteiger partial charge in [0.25, 0.3) is 0 Å². The van der Waals surface area contributed by atoms with E-state index in [1.807, 2.05) is 25.1 Å². The number of hydrogen-bond donors (Lipinski definition) is 0. The Morgan fingerprint density at radius 3 is 2.61 bits per heavy atom. The molecule has 1 aromatic heterocycles. The lowest BCUT2D eigenvalue weighted by Gasteiger charge is -2.30. The maximum absolute atomic E-state index is 12.9. The topological polar surface area (TPSA) is 82.8 Å². The van der Waals surface area contributed by atoms with Crippen LogP contribution in [-0.2, 0) is 14.3 Å². The van der Waals surface area contributed by atoms with Gasteiger partial charge in [-0.1, -0.05) is 43.1 Å². The second-order valence-electron chi connectivity index (χ2n) is 6.40. The molecule has 1 aliphatic heterocycles. The van der Waals surface area contributed by atoms with Crippen LogP contribution in [0.5, 0.6) is 0 Å². The normalized spacial score (nSPS) is 18.2. The lowest BCUT2D eigenvalue weighted by atomic mass is 9.76. The predicted molar refractivity (Wildman–Crippen MR) is 105 cm³/mol. The molecule has 1 aromatic carbocycles. The zero-order valence-corrected chi connectivity index (χ0v) is 16.8. The van der Waals surface area contributed by atoms with Crippen molar-refractivity contribution >= 4 is 35.2 Å². The molecule has 2 heterocycles. The molecular formula is C20H22ClN3O4. The van der Waals surface area contributed by atoms with E-state index < -0.39 is 17.9 Å². The lowest BCUT2D eigenvalue weighted by molar-refractivity contribution is -0.146. The van der Waals surface area contributed by atoms with Gasteiger partial charge in [-0.25, -0.2) is 9.79 Å². The summed E-state index contributed by atoms with van der Waals surface area (Å²) in [7, 11) is 1.28. The SMILES string of the molecule is CCCC1=Nc2nn(C(=O)OC)cc2C(c2ccccc2Cl)C1C(=O)OCC. The Morgan fingerprint density at radius 1 is 1.21 bits per heavy atom. The molecule has 0 radical (unpaired) electrons. The van der Waals surface area contributed by atoms with E-state index in [-0.39, 0.29) is 12.6 Å². The van der Waals surface area contributed by atoms with Crippen LogP contribution in [0.25, 0.3) is 0 Å². The van der Waals surface area contributed by atoms with Crippen LogP contribution in [0.3, 0.4) is 0 Å².